The van der Waals surface area contributed by atoms with E-state index in [-0.39, 0.29) is 5.82 Å². The predicted molar refractivity (Wildman–Crippen MR) is 85.4 cm³/mol. The minimum absolute atomic E-state index is 0.160. The van der Waals surface area contributed by atoms with Crippen molar-refractivity contribution < 1.29 is 4.39 Å². The van der Waals surface area contributed by atoms with Gasteiger partial charge in [-0.25, -0.2) is 4.39 Å². The molecule has 4 heteroatoms. The van der Waals surface area contributed by atoms with Crippen LogP contribution in [0.4, 0.5) is 4.39 Å². The minimum Gasteiger partial charge on any atom is -0.314 e. The molecule has 2 nitrogen and oxygen atoms in total. The fraction of sp³-hybridized carbons (Fsp3) is 0.625. The SMILES string of the molecule is CC(C)CC[C@H](c1ccc(Br)c(F)c1)N1CCNCC1. The zero-order valence-electron chi connectivity index (χ0n) is 12.3. The van der Waals surface area contributed by atoms with E-state index in [4.69, 9.17) is 0 Å². The van der Waals surface area contributed by atoms with Crippen LogP contribution in [0.1, 0.15) is 38.3 Å². The molecule has 112 valence electrons. The van der Waals surface area contributed by atoms with Gasteiger partial charge in [0, 0.05) is 32.2 Å². The Morgan fingerprint density at radius 3 is 2.55 bits per heavy atom. The average Bonchev–Trinajstić information content (AvgIpc) is 2.44. The second kappa shape index (κ2) is 7.53. The van der Waals surface area contributed by atoms with Crippen LogP contribution in [0.25, 0.3) is 0 Å². The molecule has 0 amide bonds. The molecule has 0 aliphatic carbocycles. The Morgan fingerprint density at radius 2 is 1.95 bits per heavy atom. The highest BCUT2D eigenvalue weighted by Crippen LogP contribution is 2.30. The highest BCUT2D eigenvalue weighted by Gasteiger charge is 2.22. The number of benzene rings is 1. The minimum atomic E-state index is -0.160. The second-order valence-electron chi connectivity index (χ2n) is 5.95. The van der Waals surface area contributed by atoms with Crippen LogP contribution in [0.2, 0.25) is 0 Å². The van der Waals surface area contributed by atoms with Gasteiger partial charge < -0.3 is 5.32 Å². The van der Waals surface area contributed by atoms with Crippen LogP contribution in [0, 0.1) is 11.7 Å². The second-order valence-corrected chi connectivity index (χ2v) is 6.80. The molecule has 1 aromatic rings. The summed E-state index contributed by atoms with van der Waals surface area (Å²) in [5.74, 6) is 0.521. The summed E-state index contributed by atoms with van der Waals surface area (Å²) in [4.78, 5) is 2.49. The number of piperazine rings is 1. The van der Waals surface area contributed by atoms with Gasteiger partial charge in [0.25, 0.3) is 0 Å². The lowest BCUT2D eigenvalue weighted by Gasteiger charge is -2.35. The van der Waals surface area contributed by atoms with Gasteiger partial charge in [0.2, 0.25) is 0 Å². The smallest absolute Gasteiger partial charge is 0.137 e. The number of nitrogens with one attached hydrogen (secondary N) is 1. The molecule has 0 bridgehead atoms. The standard InChI is InChI=1S/C16H24BrFN2/c1-12(2)3-6-16(20-9-7-19-8-10-20)13-4-5-14(17)15(18)11-13/h4-5,11-12,16,19H,3,6-10H2,1-2H3/t16-/m1/s1. The van der Waals surface area contributed by atoms with Crippen molar-refractivity contribution >= 4 is 15.9 Å². The first-order valence-electron chi connectivity index (χ1n) is 7.47. The molecular weight excluding hydrogens is 319 g/mol. The first-order valence-corrected chi connectivity index (χ1v) is 8.27. The van der Waals surface area contributed by atoms with E-state index in [1.54, 1.807) is 6.07 Å². The van der Waals surface area contributed by atoms with Gasteiger partial charge in [-0.15, -0.1) is 0 Å². The highest BCUT2D eigenvalue weighted by atomic mass is 79.9. The summed E-state index contributed by atoms with van der Waals surface area (Å²) in [5.41, 5.74) is 1.10. The van der Waals surface area contributed by atoms with Crippen LogP contribution in [0.15, 0.2) is 22.7 Å². The fourth-order valence-corrected chi connectivity index (χ4v) is 3.01. The van der Waals surface area contributed by atoms with E-state index >= 15 is 0 Å². The topological polar surface area (TPSA) is 15.3 Å². The van der Waals surface area contributed by atoms with Crippen molar-refractivity contribution in [2.24, 2.45) is 5.92 Å². The van der Waals surface area contributed by atoms with Crippen molar-refractivity contribution in [2.75, 3.05) is 26.2 Å². The van der Waals surface area contributed by atoms with Gasteiger partial charge in [-0.3, -0.25) is 4.90 Å². The third-order valence-electron chi connectivity index (χ3n) is 3.94. The number of hydrogen-bond acceptors (Lipinski definition) is 2. The van der Waals surface area contributed by atoms with Gasteiger partial charge in [0.05, 0.1) is 4.47 Å². The number of nitrogens with zero attached hydrogens (tertiary/aromatic N) is 1. The lowest BCUT2D eigenvalue weighted by Crippen LogP contribution is -2.45. The van der Waals surface area contributed by atoms with E-state index in [1.807, 2.05) is 6.07 Å². The maximum Gasteiger partial charge on any atom is 0.137 e. The molecule has 1 atom stereocenters. The molecule has 1 saturated heterocycles. The van der Waals surface area contributed by atoms with Crippen molar-refractivity contribution in [1.82, 2.24) is 10.2 Å². The third-order valence-corrected chi connectivity index (χ3v) is 4.58. The molecule has 0 unspecified atom stereocenters. The Kier molecular flexibility index (Phi) is 6.00. The van der Waals surface area contributed by atoms with Gasteiger partial charge in [-0.1, -0.05) is 19.9 Å². The molecule has 2 rings (SSSR count). The largest absolute Gasteiger partial charge is 0.314 e. The van der Waals surface area contributed by atoms with E-state index in [0.29, 0.717) is 16.4 Å². The Balaban J connectivity index is 2.17. The van der Waals surface area contributed by atoms with Gasteiger partial charge in [0.1, 0.15) is 5.82 Å². The highest BCUT2D eigenvalue weighted by molar-refractivity contribution is 9.10. The fourth-order valence-electron chi connectivity index (χ4n) is 2.76. The van der Waals surface area contributed by atoms with Crippen molar-refractivity contribution in [3.05, 3.63) is 34.1 Å². The molecule has 0 saturated carbocycles. The van der Waals surface area contributed by atoms with Gasteiger partial charge in [-0.2, -0.15) is 0 Å². The first-order chi connectivity index (χ1) is 9.58. The molecule has 1 aliphatic heterocycles. The van der Waals surface area contributed by atoms with Crippen molar-refractivity contribution in [3.63, 3.8) is 0 Å². The first kappa shape index (κ1) is 15.9. The Morgan fingerprint density at radius 1 is 1.25 bits per heavy atom. The number of hydrogen-bond donors (Lipinski definition) is 1. The van der Waals surface area contributed by atoms with Crippen LogP contribution >= 0.6 is 15.9 Å². The third kappa shape index (κ3) is 4.27. The molecule has 1 aliphatic rings. The van der Waals surface area contributed by atoms with Gasteiger partial charge >= 0.3 is 0 Å². The molecule has 1 N–H and O–H groups in total. The van der Waals surface area contributed by atoms with Crippen molar-refractivity contribution in [1.29, 1.82) is 0 Å². The normalized spacial score (nSPS) is 18.4. The van der Waals surface area contributed by atoms with Gasteiger partial charge in [0.15, 0.2) is 0 Å². The van der Waals surface area contributed by atoms with Crippen molar-refractivity contribution in [3.8, 4) is 0 Å². The van der Waals surface area contributed by atoms with Crippen LogP contribution in [0.3, 0.4) is 0 Å². The Labute approximate surface area is 129 Å². The Hall–Kier alpha value is -0.450. The van der Waals surface area contributed by atoms with Crippen molar-refractivity contribution in [2.45, 2.75) is 32.7 Å². The quantitative estimate of drug-likeness (QED) is 0.870. The number of rotatable bonds is 5. The summed E-state index contributed by atoms with van der Waals surface area (Å²) in [6, 6.07) is 5.91. The molecule has 0 radical (unpaired) electrons. The summed E-state index contributed by atoms with van der Waals surface area (Å²) in [6.45, 7) is 8.63. The van der Waals surface area contributed by atoms with Gasteiger partial charge in [-0.05, 0) is 52.4 Å². The molecule has 1 heterocycles. The predicted octanol–water partition coefficient (Wildman–Crippen LogP) is 3.97. The molecule has 1 aromatic carbocycles. The molecule has 20 heavy (non-hydrogen) atoms. The van der Waals surface area contributed by atoms with E-state index in [1.165, 1.54) is 6.42 Å². The summed E-state index contributed by atoms with van der Waals surface area (Å²) in [6.07, 6.45) is 2.27. The lowest BCUT2D eigenvalue weighted by atomic mass is 9.95. The van der Waals surface area contributed by atoms with E-state index in [9.17, 15) is 4.39 Å². The summed E-state index contributed by atoms with van der Waals surface area (Å²) >= 11 is 3.24. The van der Waals surface area contributed by atoms with E-state index in [0.717, 1.165) is 38.2 Å². The van der Waals surface area contributed by atoms with E-state index in [2.05, 4.69) is 46.1 Å². The summed E-state index contributed by atoms with van der Waals surface area (Å²) in [7, 11) is 0. The molecular formula is C16H24BrFN2. The molecule has 0 spiro atoms. The summed E-state index contributed by atoms with van der Waals surface area (Å²) < 4.78 is 14.4. The maximum atomic E-state index is 13.8. The van der Waals surface area contributed by atoms with E-state index < -0.39 is 0 Å². The molecule has 0 aromatic heterocycles. The lowest BCUT2D eigenvalue weighted by molar-refractivity contribution is 0.159. The maximum absolute atomic E-state index is 13.8. The van der Waals surface area contributed by atoms with Crippen LogP contribution in [-0.2, 0) is 0 Å². The molecule has 1 fully saturated rings. The number of halogens is 2. The summed E-state index contributed by atoms with van der Waals surface area (Å²) in [5, 5.41) is 3.38. The van der Waals surface area contributed by atoms with Crippen LogP contribution in [-0.4, -0.2) is 31.1 Å². The zero-order chi connectivity index (χ0) is 14.5. The van der Waals surface area contributed by atoms with Crippen LogP contribution < -0.4 is 5.32 Å². The zero-order valence-corrected chi connectivity index (χ0v) is 13.9. The Bertz CT molecular complexity index is 430. The average molecular weight is 343 g/mol. The van der Waals surface area contributed by atoms with Crippen LogP contribution in [0.5, 0.6) is 0 Å². The monoisotopic (exact) mass is 342 g/mol.